The first-order chi connectivity index (χ1) is 16.8. The summed E-state index contributed by atoms with van der Waals surface area (Å²) in [6.07, 6.45) is 0.972. The number of benzene rings is 2. The lowest BCUT2D eigenvalue weighted by Gasteiger charge is -2.36. The van der Waals surface area contributed by atoms with Gasteiger partial charge in [0.25, 0.3) is 5.91 Å². The molecular weight excluding hydrogens is 477 g/mol. The van der Waals surface area contributed by atoms with Crippen molar-refractivity contribution in [1.82, 2.24) is 9.88 Å². The van der Waals surface area contributed by atoms with E-state index in [0.29, 0.717) is 12.1 Å². The third-order valence-electron chi connectivity index (χ3n) is 5.77. The van der Waals surface area contributed by atoms with E-state index in [1.807, 2.05) is 36.4 Å². The van der Waals surface area contributed by atoms with Crippen molar-refractivity contribution in [3.63, 3.8) is 0 Å². The minimum Gasteiger partial charge on any atom is -0.367 e. The van der Waals surface area contributed by atoms with E-state index in [9.17, 15) is 18.0 Å². The van der Waals surface area contributed by atoms with E-state index in [0.717, 1.165) is 55.2 Å². The van der Waals surface area contributed by atoms with Crippen molar-refractivity contribution in [2.24, 2.45) is 0 Å². The molecular formula is C26H24ClF3N4O. The summed E-state index contributed by atoms with van der Waals surface area (Å²) in [5.41, 5.74) is 2.19. The number of para-hydroxylation sites is 2. The maximum atomic E-state index is 12.7. The molecule has 5 nitrogen and oxygen atoms in total. The van der Waals surface area contributed by atoms with Crippen molar-refractivity contribution in [2.75, 3.05) is 42.9 Å². The van der Waals surface area contributed by atoms with Gasteiger partial charge in [-0.3, -0.25) is 9.69 Å². The molecule has 1 aliphatic rings. The number of anilines is 2. The van der Waals surface area contributed by atoms with Gasteiger partial charge in [-0.15, -0.1) is 0 Å². The normalized spacial score (nSPS) is 14.9. The Hall–Kier alpha value is -3.36. The van der Waals surface area contributed by atoms with Crippen molar-refractivity contribution in [2.45, 2.75) is 6.18 Å². The molecule has 0 unspecified atom stereocenters. The molecule has 0 saturated carbocycles. The summed E-state index contributed by atoms with van der Waals surface area (Å²) in [7, 11) is 0. The fourth-order valence-electron chi connectivity index (χ4n) is 3.89. The first-order valence-electron chi connectivity index (χ1n) is 11.1. The fourth-order valence-corrected chi connectivity index (χ4v) is 4.06. The van der Waals surface area contributed by atoms with Gasteiger partial charge in [0.2, 0.25) is 0 Å². The average molecular weight is 501 g/mol. The molecule has 2 aromatic carbocycles. The van der Waals surface area contributed by atoms with Crippen molar-refractivity contribution in [3.05, 3.63) is 94.8 Å². The van der Waals surface area contributed by atoms with E-state index >= 15 is 0 Å². The number of piperazine rings is 1. The van der Waals surface area contributed by atoms with Gasteiger partial charge in [0.15, 0.2) is 0 Å². The first kappa shape index (κ1) is 24.8. The predicted octanol–water partition coefficient (Wildman–Crippen LogP) is 5.84. The van der Waals surface area contributed by atoms with Crippen LogP contribution in [0.15, 0.2) is 72.9 Å². The maximum Gasteiger partial charge on any atom is 0.416 e. The Morgan fingerprint density at radius 3 is 2.43 bits per heavy atom. The molecule has 1 saturated heterocycles. The molecule has 2 heterocycles. The first-order valence-corrected chi connectivity index (χ1v) is 11.5. The van der Waals surface area contributed by atoms with Crippen molar-refractivity contribution < 1.29 is 18.0 Å². The van der Waals surface area contributed by atoms with Crippen LogP contribution in [0.25, 0.3) is 6.08 Å². The van der Waals surface area contributed by atoms with E-state index < -0.39 is 11.7 Å². The van der Waals surface area contributed by atoms with Crippen molar-refractivity contribution in [1.29, 1.82) is 0 Å². The lowest BCUT2D eigenvalue weighted by Crippen LogP contribution is -2.46. The third-order valence-corrected chi connectivity index (χ3v) is 5.97. The van der Waals surface area contributed by atoms with Gasteiger partial charge in [-0.2, -0.15) is 13.2 Å². The van der Waals surface area contributed by atoms with Gasteiger partial charge in [0, 0.05) is 44.5 Å². The summed E-state index contributed by atoms with van der Waals surface area (Å²) in [5.74, 6) is -0.256. The van der Waals surface area contributed by atoms with Gasteiger partial charge >= 0.3 is 6.18 Å². The highest BCUT2D eigenvalue weighted by atomic mass is 35.5. The molecule has 1 fully saturated rings. The summed E-state index contributed by atoms with van der Waals surface area (Å²) >= 11 is 5.90. The standard InChI is InChI=1S/C26H24ClF3N4O/c27-24-18-20(11-12-31-24)25(35)32-22-5-1-2-6-23(22)34-16-14-33(15-17-34)13-3-4-19-7-9-21(10-8-19)26(28,29)30/h1-12,18H,13-17H2,(H,32,35). The zero-order chi connectivity index (χ0) is 24.8. The lowest BCUT2D eigenvalue weighted by molar-refractivity contribution is -0.137. The molecule has 0 spiro atoms. The van der Waals surface area contributed by atoms with Gasteiger partial charge in [0.05, 0.1) is 16.9 Å². The number of halogens is 4. The number of nitrogens with one attached hydrogen (secondary N) is 1. The average Bonchev–Trinajstić information content (AvgIpc) is 2.85. The Morgan fingerprint density at radius 1 is 1.03 bits per heavy atom. The molecule has 1 aliphatic heterocycles. The summed E-state index contributed by atoms with van der Waals surface area (Å²) in [6, 6.07) is 15.9. The van der Waals surface area contributed by atoms with Crippen LogP contribution in [-0.2, 0) is 6.18 Å². The molecule has 0 radical (unpaired) electrons. The summed E-state index contributed by atoms with van der Waals surface area (Å²) < 4.78 is 38.1. The number of nitrogens with zero attached hydrogens (tertiary/aromatic N) is 3. The summed E-state index contributed by atoms with van der Waals surface area (Å²) in [4.78, 5) is 21.1. The molecule has 0 atom stereocenters. The molecule has 0 bridgehead atoms. The number of rotatable bonds is 6. The highest BCUT2D eigenvalue weighted by Crippen LogP contribution is 2.29. The van der Waals surface area contributed by atoms with E-state index in [4.69, 9.17) is 11.6 Å². The van der Waals surface area contributed by atoms with Gasteiger partial charge in [-0.1, -0.05) is 48.0 Å². The molecule has 9 heteroatoms. The second-order valence-electron chi connectivity index (χ2n) is 8.15. The summed E-state index contributed by atoms with van der Waals surface area (Å²) in [6.45, 7) is 3.90. The van der Waals surface area contributed by atoms with E-state index in [2.05, 4.69) is 20.1 Å². The van der Waals surface area contributed by atoms with Gasteiger partial charge in [-0.05, 0) is 42.0 Å². The van der Waals surface area contributed by atoms with Crippen LogP contribution in [0, 0.1) is 0 Å². The number of alkyl halides is 3. The zero-order valence-corrected chi connectivity index (χ0v) is 19.6. The number of aromatic nitrogens is 1. The Balaban J connectivity index is 1.32. The number of hydrogen-bond donors (Lipinski definition) is 1. The van der Waals surface area contributed by atoms with Gasteiger partial charge in [0.1, 0.15) is 5.15 Å². The second kappa shape index (κ2) is 10.9. The Labute approximate surface area is 206 Å². The Bertz CT molecular complexity index is 1190. The highest BCUT2D eigenvalue weighted by Gasteiger charge is 2.29. The molecule has 182 valence electrons. The van der Waals surface area contributed by atoms with Crippen LogP contribution in [0.5, 0.6) is 0 Å². The predicted molar refractivity (Wildman–Crippen MR) is 133 cm³/mol. The molecule has 1 aromatic heterocycles. The number of amides is 1. The third kappa shape index (κ3) is 6.61. The Morgan fingerprint density at radius 2 is 1.74 bits per heavy atom. The molecule has 1 N–H and O–H groups in total. The quantitative estimate of drug-likeness (QED) is 0.432. The Kier molecular flexibility index (Phi) is 7.73. The van der Waals surface area contributed by atoms with E-state index in [1.165, 1.54) is 24.4 Å². The molecule has 1 amide bonds. The summed E-state index contributed by atoms with van der Waals surface area (Å²) in [5, 5.41) is 3.22. The number of hydrogen-bond acceptors (Lipinski definition) is 4. The van der Waals surface area contributed by atoms with E-state index in [-0.39, 0.29) is 11.1 Å². The van der Waals surface area contributed by atoms with Gasteiger partial charge < -0.3 is 10.2 Å². The van der Waals surface area contributed by atoms with Crippen LogP contribution in [0.1, 0.15) is 21.5 Å². The van der Waals surface area contributed by atoms with Crippen LogP contribution >= 0.6 is 11.6 Å². The van der Waals surface area contributed by atoms with Crippen molar-refractivity contribution >= 4 is 35.0 Å². The monoisotopic (exact) mass is 500 g/mol. The van der Waals surface area contributed by atoms with Crippen LogP contribution in [-0.4, -0.2) is 48.5 Å². The zero-order valence-electron chi connectivity index (χ0n) is 18.8. The van der Waals surface area contributed by atoms with Crippen LogP contribution < -0.4 is 10.2 Å². The maximum absolute atomic E-state index is 12.7. The lowest BCUT2D eigenvalue weighted by atomic mass is 10.1. The number of carbonyl (C=O) groups excluding carboxylic acids is 1. The van der Waals surface area contributed by atoms with Crippen LogP contribution in [0.3, 0.4) is 0 Å². The van der Waals surface area contributed by atoms with Crippen LogP contribution in [0.4, 0.5) is 24.5 Å². The molecule has 35 heavy (non-hydrogen) atoms. The molecule has 4 rings (SSSR count). The number of pyridine rings is 1. The fraction of sp³-hybridized carbons (Fsp3) is 0.231. The molecule has 0 aliphatic carbocycles. The smallest absolute Gasteiger partial charge is 0.367 e. The van der Waals surface area contributed by atoms with Gasteiger partial charge in [-0.25, -0.2) is 4.98 Å². The largest absolute Gasteiger partial charge is 0.416 e. The minimum absolute atomic E-state index is 0.256. The van der Waals surface area contributed by atoms with Crippen molar-refractivity contribution in [3.8, 4) is 0 Å². The van der Waals surface area contributed by atoms with Crippen LogP contribution in [0.2, 0.25) is 5.15 Å². The van der Waals surface area contributed by atoms with E-state index in [1.54, 1.807) is 6.07 Å². The number of carbonyl (C=O) groups is 1. The SMILES string of the molecule is O=C(Nc1ccccc1N1CCN(CC=Cc2ccc(C(F)(F)F)cc2)CC1)c1ccnc(Cl)c1. The molecule has 3 aromatic rings. The second-order valence-corrected chi connectivity index (χ2v) is 8.54. The topological polar surface area (TPSA) is 48.5 Å². The highest BCUT2D eigenvalue weighted by molar-refractivity contribution is 6.29. The minimum atomic E-state index is -4.32.